The van der Waals surface area contributed by atoms with Crippen LogP contribution in [0.25, 0.3) is 0 Å². The van der Waals surface area contributed by atoms with E-state index in [-0.39, 0.29) is 5.91 Å². The van der Waals surface area contributed by atoms with Crippen LogP contribution in [0.3, 0.4) is 0 Å². The molecule has 0 saturated heterocycles. The van der Waals surface area contributed by atoms with Crippen molar-refractivity contribution in [3.05, 3.63) is 29.8 Å². The van der Waals surface area contributed by atoms with Gasteiger partial charge in [-0.05, 0) is 37.5 Å². The van der Waals surface area contributed by atoms with Crippen molar-refractivity contribution in [3.8, 4) is 5.75 Å². The van der Waals surface area contributed by atoms with E-state index in [1.165, 1.54) is 11.3 Å². The van der Waals surface area contributed by atoms with Gasteiger partial charge in [-0.25, -0.2) is 0 Å². The van der Waals surface area contributed by atoms with Crippen LogP contribution >= 0.6 is 23.1 Å². The molecule has 1 atom stereocenters. The van der Waals surface area contributed by atoms with Gasteiger partial charge in [0.25, 0.3) is 5.91 Å². The summed E-state index contributed by atoms with van der Waals surface area (Å²) in [6.07, 6.45) is -0.604. The minimum Gasteiger partial charge on any atom is -0.481 e. The van der Waals surface area contributed by atoms with Gasteiger partial charge in [-0.15, -0.1) is 10.2 Å². The normalized spacial score (nSPS) is 12.2. The van der Waals surface area contributed by atoms with E-state index in [4.69, 9.17) is 4.74 Å². The standard InChI is InChI=1S/C16H21N3O2S2/c1-10(2)9-22-16-19-18-15(23-16)17-14(20)12(4)21-13-7-5-6-11(3)8-13/h5-8,10,12H,9H2,1-4H3,(H,17,18,20)/t12-/m0/s1. The van der Waals surface area contributed by atoms with Gasteiger partial charge in [0.15, 0.2) is 10.4 Å². The Kier molecular flexibility index (Phi) is 6.41. The number of carbonyl (C=O) groups is 1. The quantitative estimate of drug-likeness (QED) is 0.603. The number of amides is 1. The number of nitrogens with zero attached hydrogens (tertiary/aromatic N) is 2. The lowest BCUT2D eigenvalue weighted by molar-refractivity contribution is -0.122. The third-order valence-electron chi connectivity index (χ3n) is 2.85. The monoisotopic (exact) mass is 351 g/mol. The van der Waals surface area contributed by atoms with Gasteiger partial charge in [0.1, 0.15) is 5.75 Å². The molecule has 1 aromatic heterocycles. The van der Waals surface area contributed by atoms with Gasteiger partial charge < -0.3 is 4.74 Å². The highest BCUT2D eigenvalue weighted by Crippen LogP contribution is 2.27. The molecule has 1 heterocycles. The van der Waals surface area contributed by atoms with E-state index in [0.29, 0.717) is 16.8 Å². The molecule has 0 aliphatic heterocycles. The number of rotatable bonds is 7. The number of ether oxygens (including phenoxy) is 1. The third-order valence-corrected chi connectivity index (χ3v) is 5.25. The molecule has 2 aromatic rings. The highest BCUT2D eigenvalue weighted by Gasteiger charge is 2.17. The molecule has 124 valence electrons. The summed E-state index contributed by atoms with van der Waals surface area (Å²) in [7, 11) is 0. The van der Waals surface area contributed by atoms with Gasteiger partial charge in [-0.1, -0.05) is 49.1 Å². The zero-order valence-electron chi connectivity index (χ0n) is 13.7. The molecular formula is C16H21N3O2S2. The van der Waals surface area contributed by atoms with Crippen LogP contribution < -0.4 is 10.1 Å². The maximum Gasteiger partial charge on any atom is 0.266 e. The van der Waals surface area contributed by atoms with Gasteiger partial charge in [-0.2, -0.15) is 0 Å². The molecule has 0 saturated carbocycles. The van der Waals surface area contributed by atoms with Crippen molar-refractivity contribution in [3.63, 3.8) is 0 Å². The number of benzene rings is 1. The van der Waals surface area contributed by atoms with E-state index in [2.05, 4.69) is 29.4 Å². The molecule has 1 amide bonds. The van der Waals surface area contributed by atoms with E-state index < -0.39 is 6.10 Å². The Hall–Kier alpha value is -1.60. The van der Waals surface area contributed by atoms with Crippen LogP contribution in [0, 0.1) is 12.8 Å². The Bertz CT molecular complexity index is 658. The van der Waals surface area contributed by atoms with E-state index in [1.54, 1.807) is 18.7 Å². The number of thioether (sulfide) groups is 1. The summed E-state index contributed by atoms with van der Waals surface area (Å²) < 4.78 is 6.52. The van der Waals surface area contributed by atoms with Gasteiger partial charge in [-0.3, -0.25) is 10.1 Å². The number of aryl methyl sites for hydroxylation is 1. The van der Waals surface area contributed by atoms with Crippen LogP contribution in [-0.2, 0) is 4.79 Å². The summed E-state index contributed by atoms with van der Waals surface area (Å²) in [6.45, 7) is 8.00. The number of hydrogen-bond donors (Lipinski definition) is 1. The fourth-order valence-electron chi connectivity index (χ4n) is 1.71. The summed E-state index contributed by atoms with van der Waals surface area (Å²) >= 11 is 3.03. The number of hydrogen-bond acceptors (Lipinski definition) is 6. The maximum atomic E-state index is 12.2. The van der Waals surface area contributed by atoms with Crippen LogP contribution in [0.1, 0.15) is 26.3 Å². The lowest BCUT2D eigenvalue weighted by Gasteiger charge is -2.13. The first-order chi connectivity index (χ1) is 10.9. The van der Waals surface area contributed by atoms with E-state index >= 15 is 0 Å². The predicted molar refractivity (Wildman–Crippen MR) is 95.4 cm³/mol. The number of anilines is 1. The molecule has 0 fully saturated rings. The van der Waals surface area contributed by atoms with Crippen molar-refractivity contribution in [1.82, 2.24) is 10.2 Å². The highest BCUT2D eigenvalue weighted by atomic mass is 32.2. The maximum absolute atomic E-state index is 12.2. The van der Waals surface area contributed by atoms with E-state index in [9.17, 15) is 4.79 Å². The van der Waals surface area contributed by atoms with Crippen molar-refractivity contribution in [2.75, 3.05) is 11.1 Å². The van der Waals surface area contributed by atoms with E-state index in [1.807, 2.05) is 31.2 Å². The van der Waals surface area contributed by atoms with Crippen molar-refractivity contribution in [2.24, 2.45) is 5.92 Å². The lowest BCUT2D eigenvalue weighted by atomic mass is 10.2. The molecule has 23 heavy (non-hydrogen) atoms. The largest absolute Gasteiger partial charge is 0.481 e. The smallest absolute Gasteiger partial charge is 0.266 e. The average molecular weight is 351 g/mol. The molecule has 1 aromatic carbocycles. The second-order valence-corrected chi connectivity index (χ2v) is 7.89. The highest BCUT2D eigenvalue weighted by molar-refractivity contribution is 8.01. The summed E-state index contributed by atoms with van der Waals surface area (Å²) in [5, 5.41) is 11.3. The fraction of sp³-hybridized carbons (Fsp3) is 0.438. The Morgan fingerprint density at radius 1 is 1.35 bits per heavy atom. The molecule has 1 N–H and O–H groups in total. The SMILES string of the molecule is Cc1cccc(O[C@@H](C)C(=O)Nc2nnc(SCC(C)C)s2)c1. The predicted octanol–water partition coefficient (Wildman–Crippen LogP) is 4.00. The zero-order chi connectivity index (χ0) is 16.8. The number of aromatic nitrogens is 2. The molecular weight excluding hydrogens is 330 g/mol. The molecule has 0 aliphatic carbocycles. The second-order valence-electron chi connectivity index (χ2n) is 5.64. The van der Waals surface area contributed by atoms with Crippen molar-refractivity contribution >= 4 is 34.1 Å². The molecule has 0 bridgehead atoms. The molecule has 0 spiro atoms. The van der Waals surface area contributed by atoms with E-state index in [0.717, 1.165) is 15.7 Å². The molecule has 2 rings (SSSR count). The van der Waals surface area contributed by atoms with Crippen molar-refractivity contribution < 1.29 is 9.53 Å². The molecule has 5 nitrogen and oxygen atoms in total. The first-order valence-electron chi connectivity index (χ1n) is 7.44. The average Bonchev–Trinajstić information content (AvgIpc) is 2.92. The zero-order valence-corrected chi connectivity index (χ0v) is 15.3. The molecule has 0 radical (unpaired) electrons. The molecule has 0 aliphatic rings. The first kappa shape index (κ1) is 17.7. The summed E-state index contributed by atoms with van der Waals surface area (Å²) in [5.74, 6) is 2.01. The van der Waals surface area contributed by atoms with Gasteiger partial charge in [0.05, 0.1) is 0 Å². The van der Waals surface area contributed by atoms with Gasteiger partial charge in [0, 0.05) is 5.75 Å². The van der Waals surface area contributed by atoms with Crippen LogP contribution in [-0.4, -0.2) is 28.0 Å². The molecule has 7 heteroatoms. The Balaban J connectivity index is 1.88. The number of nitrogens with one attached hydrogen (secondary N) is 1. The van der Waals surface area contributed by atoms with Crippen LogP contribution in [0.15, 0.2) is 28.6 Å². The van der Waals surface area contributed by atoms with Gasteiger partial charge in [0.2, 0.25) is 5.13 Å². The van der Waals surface area contributed by atoms with Crippen LogP contribution in [0.5, 0.6) is 5.75 Å². The first-order valence-corrected chi connectivity index (χ1v) is 9.24. The Labute approximate surface area is 144 Å². The lowest BCUT2D eigenvalue weighted by Crippen LogP contribution is -2.30. The summed E-state index contributed by atoms with van der Waals surface area (Å²) in [4.78, 5) is 12.2. The molecule has 0 unspecified atom stereocenters. The summed E-state index contributed by atoms with van der Waals surface area (Å²) in [6, 6.07) is 7.62. The van der Waals surface area contributed by atoms with Crippen molar-refractivity contribution in [2.45, 2.75) is 38.1 Å². The number of carbonyl (C=O) groups excluding carboxylic acids is 1. The van der Waals surface area contributed by atoms with Crippen LogP contribution in [0.2, 0.25) is 0 Å². The topological polar surface area (TPSA) is 64.1 Å². The Morgan fingerprint density at radius 3 is 2.83 bits per heavy atom. The van der Waals surface area contributed by atoms with Gasteiger partial charge >= 0.3 is 0 Å². The third kappa shape index (κ3) is 5.84. The van der Waals surface area contributed by atoms with Crippen LogP contribution in [0.4, 0.5) is 5.13 Å². The summed E-state index contributed by atoms with van der Waals surface area (Å²) in [5.41, 5.74) is 1.09. The second kappa shape index (κ2) is 8.31. The van der Waals surface area contributed by atoms with Crippen molar-refractivity contribution in [1.29, 1.82) is 0 Å². The minimum atomic E-state index is -0.604. The minimum absolute atomic E-state index is 0.233. The Morgan fingerprint density at radius 2 is 2.13 bits per heavy atom. The fourth-order valence-corrected chi connectivity index (χ4v) is 3.44.